The van der Waals surface area contributed by atoms with Crippen molar-refractivity contribution in [2.24, 2.45) is 5.14 Å². The molecule has 0 radical (unpaired) electrons. The van der Waals surface area contributed by atoms with Crippen molar-refractivity contribution in [1.82, 2.24) is 9.80 Å². The van der Waals surface area contributed by atoms with Crippen molar-refractivity contribution in [3.63, 3.8) is 0 Å². The first-order valence-electron chi connectivity index (χ1n) is 11.7. The van der Waals surface area contributed by atoms with Crippen molar-refractivity contribution >= 4 is 26.9 Å². The zero-order valence-electron chi connectivity index (χ0n) is 21.2. The molecule has 1 heterocycles. The maximum atomic E-state index is 14.5. The van der Waals surface area contributed by atoms with E-state index in [4.69, 9.17) is 9.88 Å². The third-order valence-electron chi connectivity index (χ3n) is 5.97. The summed E-state index contributed by atoms with van der Waals surface area (Å²) in [6.07, 6.45) is -0.370. The predicted octanol–water partition coefficient (Wildman–Crippen LogP) is 3.57. The molecule has 0 saturated carbocycles. The zero-order valence-corrected chi connectivity index (χ0v) is 22.9. The number of ether oxygens (including phenoxy) is 1. The summed E-state index contributed by atoms with van der Waals surface area (Å²) >= 11 is 0. The number of carbonyl (C=O) groups is 1. The van der Waals surface area contributed by atoms with Crippen LogP contribution in [0.15, 0.2) is 52.3 Å². The Morgan fingerprint density at radius 3 is 2.36 bits per heavy atom. The average Bonchev–Trinajstić information content (AvgIpc) is 2.77. The standard InChI is InChI=1S/C25H34FN3O5S2/c1-17-6-7-19(14-22(17)26)23(35(31)20-8-10-21(11-9-20)36(27,32)33)16-28-12-13-29(18(2)15-28)24(30)34-25(3,4)5/h6-11,14,18,23H,12-13,15-16H2,1-5H3,(H2,27,32,33)/t18-,23-,35?/m1/s1. The monoisotopic (exact) mass is 539 g/mol. The van der Waals surface area contributed by atoms with E-state index in [9.17, 15) is 21.8 Å². The molecule has 198 valence electrons. The quantitative estimate of drug-likeness (QED) is 0.601. The summed E-state index contributed by atoms with van der Waals surface area (Å²) in [6.45, 7) is 10.9. The van der Waals surface area contributed by atoms with Gasteiger partial charge in [-0.3, -0.25) is 9.11 Å². The number of benzene rings is 2. The van der Waals surface area contributed by atoms with E-state index in [0.717, 1.165) is 0 Å². The molecule has 0 aromatic heterocycles. The summed E-state index contributed by atoms with van der Waals surface area (Å²) in [5.41, 5.74) is 0.471. The Labute approximate surface area is 215 Å². The second-order valence-corrected chi connectivity index (χ2v) is 13.3. The number of rotatable bonds is 6. The highest BCUT2D eigenvalue weighted by molar-refractivity contribution is 7.89. The molecule has 1 aliphatic heterocycles. The van der Waals surface area contributed by atoms with Crippen LogP contribution >= 0.6 is 0 Å². The molecule has 8 nitrogen and oxygen atoms in total. The maximum absolute atomic E-state index is 14.5. The lowest BCUT2D eigenvalue weighted by molar-refractivity contribution is 0.00150. The first kappa shape index (κ1) is 28.2. The Kier molecular flexibility index (Phi) is 8.59. The van der Waals surface area contributed by atoms with Crippen LogP contribution in [0.2, 0.25) is 0 Å². The molecule has 0 aliphatic carbocycles. The van der Waals surface area contributed by atoms with Crippen molar-refractivity contribution in [2.75, 3.05) is 26.2 Å². The summed E-state index contributed by atoms with van der Waals surface area (Å²) < 4.78 is 56.9. The third kappa shape index (κ3) is 7.12. The fraction of sp³-hybridized carbons (Fsp3) is 0.480. The number of amides is 1. The highest BCUT2D eigenvalue weighted by Crippen LogP contribution is 2.29. The molecule has 0 spiro atoms. The number of hydrogen-bond acceptors (Lipinski definition) is 6. The summed E-state index contributed by atoms with van der Waals surface area (Å²) in [6, 6.07) is 10.3. The summed E-state index contributed by atoms with van der Waals surface area (Å²) in [4.78, 5) is 16.7. The number of piperazine rings is 1. The van der Waals surface area contributed by atoms with Gasteiger partial charge in [0.1, 0.15) is 11.4 Å². The molecule has 2 aromatic rings. The minimum absolute atomic E-state index is 0.0757. The fourth-order valence-corrected chi connectivity index (χ4v) is 6.05. The van der Waals surface area contributed by atoms with Crippen molar-refractivity contribution in [2.45, 2.75) is 61.3 Å². The summed E-state index contributed by atoms with van der Waals surface area (Å²) in [5, 5.41) is 4.60. The molecule has 1 aliphatic rings. The number of nitrogens with zero attached hydrogens (tertiary/aromatic N) is 2. The molecular formula is C25H34FN3O5S2. The minimum Gasteiger partial charge on any atom is -0.444 e. The van der Waals surface area contributed by atoms with E-state index < -0.39 is 31.7 Å². The topological polar surface area (TPSA) is 110 Å². The molecule has 1 fully saturated rings. The third-order valence-corrected chi connectivity index (χ3v) is 8.58. The van der Waals surface area contributed by atoms with Crippen LogP contribution < -0.4 is 5.14 Å². The highest BCUT2D eigenvalue weighted by atomic mass is 32.2. The van der Waals surface area contributed by atoms with E-state index in [-0.39, 0.29) is 22.8 Å². The number of aryl methyl sites for hydroxylation is 1. The molecule has 0 bridgehead atoms. The Bertz CT molecular complexity index is 1230. The molecule has 3 atom stereocenters. The Morgan fingerprint density at radius 2 is 1.83 bits per heavy atom. The number of carbonyl (C=O) groups excluding carboxylic acids is 1. The van der Waals surface area contributed by atoms with Crippen LogP contribution in [0.1, 0.15) is 44.1 Å². The second kappa shape index (κ2) is 11.0. The number of sulfonamides is 1. The van der Waals surface area contributed by atoms with Gasteiger partial charge in [0.25, 0.3) is 0 Å². The van der Waals surface area contributed by atoms with Crippen molar-refractivity contribution < 1.29 is 26.5 Å². The Morgan fingerprint density at radius 1 is 1.19 bits per heavy atom. The van der Waals surface area contributed by atoms with Gasteiger partial charge in [-0.1, -0.05) is 12.1 Å². The van der Waals surface area contributed by atoms with Gasteiger partial charge in [0.05, 0.1) is 20.9 Å². The lowest BCUT2D eigenvalue weighted by atomic mass is 10.1. The van der Waals surface area contributed by atoms with E-state index in [1.807, 2.05) is 27.7 Å². The Hall–Kier alpha value is -2.34. The van der Waals surface area contributed by atoms with E-state index >= 15 is 0 Å². The van der Waals surface area contributed by atoms with E-state index in [2.05, 4.69) is 4.90 Å². The van der Waals surface area contributed by atoms with Crippen LogP contribution in [0.3, 0.4) is 0 Å². The maximum Gasteiger partial charge on any atom is 0.410 e. The van der Waals surface area contributed by atoms with Gasteiger partial charge < -0.3 is 9.64 Å². The molecule has 2 N–H and O–H groups in total. The zero-order chi connectivity index (χ0) is 26.8. The van der Waals surface area contributed by atoms with Crippen LogP contribution in [-0.4, -0.2) is 66.3 Å². The first-order chi connectivity index (χ1) is 16.7. The summed E-state index contributed by atoms with van der Waals surface area (Å²) in [7, 11) is -5.50. The second-order valence-electron chi connectivity index (χ2n) is 10.1. The average molecular weight is 540 g/mol. The van der Waals surface area contributed by atoms with Gasteiger partial charge in [0.2, 0.25) is 10.0 Å². The fourth-order valence-electron chi connectivity index (χ4n) is 4.06. The van der Waals surface area contributed by atoms with Gasteiger partial charge in [0.15, 0.2) is 0 Å². The van der Waals surface area contributed by atoms with E-state index in [1.54, 1.807) is 24.0 Å². The van der Waals surface area contributed by atoms with Crippen LogP contribution in [0.4, 0.5) is 9.18 Å². The number of hydrogen-bond donors (Lipinski definition) is 1. The largest absolute Gasteiger partial charge is 0.444 e. The van der Waals surface area contributed by atoms with E-state index in [0.29, 0.717) is 42.2 Å². The predicted molar refractivity (Wildman–Crippen MR) is 137 cm³/mol. The minimum atomic E-state index is -3.88. The molecule has 1 amide bonds. The van der Waals surface area contributed by atoms with Crippen molar-refractivity contribution in [3.05, 3.63) is 59.4 Å². The lowest BCUT2D eigenvalue weighted by Crippen LogP contribution is -2.55. The normalized spacial score (nSPS) is 19.1. The van der Waals surface area contributed by atoms with Crippen molar-refractivity contribution in [3.8, 4) is 0 Å². The molecule has 3 rings (SSSR count). The smallest absolute Gasteiger partial charge is 0.410 e. The summed E-state index contributed by atoms with van der Waals surface area (Å²) in [5.74, 6) is -0.387. The van der Waals surface area contributed by atoms with Gasteiger partial charge in [-0.25, -0.2) is 22.7 Å². The van der Waals surface area contributed by atoms with Gasteiger partial charge in [-0.15, -0.1) is 0 Å². The molecule has 1 unspecified atom stereocenters. The molecule has 36 heavy (non-hydrogen) atoms. The Balaban J connectivity index is 1.83. The van der Waals surface area contributed by atoms with Gasteiger partial charge >= 0.3 is 6.09 Å². The van der Waals surface area contributed by atoms with Crippen LogP contribution in [0.5, 0.6) is 0 Å². The van der Waals surface area contributed by atoms with E-state index in [1.165, 1.54) is 30.3 Å². The molecule has 11 heteroatoms. The van der Waals surface area contributed by atoms with Crippen LogP contribution in [0.25, 0.3) is 0 Å². The van der Waals surface area contributed by atoms with Gasteiger partial charge in [0, 0.05) is 37.1 Å². The SMILES string of the molecule is Cc1ccc([C@@H](CN2CCN(C(=O)OC(C)(C)C)[C@H](C)C2)S(=O)c2ccc(S(N)(=O)=O)cc2)cc1F. The van der Waals surface area contributed by atoms with Gasteiger partial charge in [-0.05, 0) is 76.1 Å². The van der Waals surface area contributed by atoms with Crippen LogP contribution in [0, 0.1) is 12.7 Å². The molecule has 1 saturated heterocycles. The molecule has 2 aromatic carbocycles. The number of primary sulfonamides is 1. The molecular weight excluding hydrogens is 505 g/mol. The first-order valence-corrected chi connectivity index (χ1v) is 14.4. The van der Waals surface area contributed by atoms with Gasteiger partial charge in [-0.2, -0.15) is 0 Å². The number of nitrogens with two attached hydrogens (primary N) is 1. The van der Waals surface area contributed by atoms with Crippen molar-refractivity contribution in [1.29, 1.82) is 0 Å². The van der Waals surface area contributed by atoms with Crippen LogP contribution in [-0.2, 0) is 25.6 Å². The highest BCUT2D eigenvalue weighted by Gasteiger charge is 2.33. The number of halogens is 1. The lowest BCUT2D eigenvalue weighted by Gasteiger charge is -2.41.